The maximum Gasteiger partial charge on any atom is 0.540 e. The molecule has 0 amide bonds. The van der Waals surface area contributed by atoms with Gasteiger partial charge in [0.2, 0.25) is 0 Å². The first-order valence-corrected chi connectivity index (χ1v) is 10.5. The fourth-order valence-electron chi connectivity index (χ4n) is 3.71. The van der Waals surface area contributed by atoms with Gasteiger partial charge in [-0.2, -0.15) is 0 Å². The second-order valence-electron chi connectivity index (χ2n) is 6.79. The van der Waals surface area contributed by atoms with Gasteiger partial charge in [-0.3, -0.25) is 0 Å². The summed E-state index contributed by atoms with van der Waals surface area (Å²) >= 11 is 0. The molecule has 0 spiro atoms. The van der Waals surface area contributed by atoms with E-state index in [0.29, 0.717) is 19.8 Å². The Hall–Kier alpha value is 0.0269. The van der Waals surface area contributed by atoms with E-state index in [4.69, 9.17) is 13.3 Å². The van der Waals surface area contributed by atoms with E-state index in [1.165, 1.54) is 0 Å². The van der Waals surface area contributed by atoms with Crippen molar-refractivity contribution in [3.63, 3.8) is 0 Å². The lowest BCUT2D eigenvalue weighted by Crippen LogP contribution is -2.70. The highest BCUT2D eigenvalue weighted by Gasteiger charge is 2.68. The van der Waals surface area contributed by atoms with Crippen molar-refractivity contribution in [2.45, 2.75) is 67.6 Å². The average Bonchev–Trinajstić information content (AvgIpc) is 2.37. The second-order valence-corrected chi connectivity index (χ2v) is 9.54. The molecule has 0 aromatic heterocycles. The van der Waals surface area contributed by atoms with Gasteiger partial charge in [0.05, 0.1) is 0 Å². The van der Waals surface area contributed by atoms with E-state index in [1.807, 2.05) is 34.6 Å². The molecule has 0 bridgehead atoms. The molecule has 0 aliphatic rings. The molecule has 0 aromatic rings. The van der Waals surface area contributed by atoms with Crippen molar-refractivity contribution in [2.75, 3.05) is 19.8 Å². The molecule has 5 heteroatoms. The van der Waals surface area contributed by atoms with E-state index in [1.54, 1.807) is 0 Å². The van der Waals surface area contributed by atoms with Crippen LogP contribution < -0.4 is 0 Å². The van der Waals surface area contributed by atoms with Gasteiger partial charge in [0.25, 0.3) is 0 Å². The van der Waals surface area contributed by atoms with Crippen LogP contribution in [0.25, 0.3) is 0 Å². The van der Waals surface area contributed by atoms with E-state index in [9.17, 15) is 0 Å². The van der Waals surface area contributed by atoms with Crippen molar-refractivity contribution in [2.24, 2.45) is 23.7 Å². The van der Waals surface area contributed by atoms with Crippen molar-refractivity contribution in [1.82, 2.24) is 0 Å². The molecule has 3 nitrogen and oxygen atoms in total. The smallest absolute Gasteiger partial charge is 0.372 e. The molecule has 0 N–H and O–H groups in total. The Morgan fingerprint density at radius 1 is 0.773 bits per heavy atom. The Morgan fingerprint density at radius 2 is 1.09 bits per heavy atom. The molecule has 0 fully saturated rings. The van der Waals surface area contributed by atoms with E-state index < -0.39 is 14.1 Å². The summed E-state index contributed by atoms with van der Waals surface area (Å²) in [7, 11) is -3.47. The minimum Gasteiger partial charge on any atom is -0.372 e. The molecular weight excluding hydrogens is 299 g/mol. The monoisotopic (exact) mass is 336 g/mol. The molecule has 0 aliphatic heterocycles. The topological polar surface area (TPSA) is 27.7 Å². The SMILES string of the molecule is CCO[Si](OCC)(OCC)C(F)(C(C)C)C(C(C)C)C(C)C. The summed E-state index contributed by atoms with van der Waals surface area (Å²) in [6.07, 6.45) is 0. The van der Waals surface area contributed by atoms with Gasteiger partial charge in [0.1, 0.15) is 0 Å². The van der Waals surface area contributed by atoms with Crippen LogP contribution in [0.2, 0.25) is 0 Å². The van der Waals surface area contributed by atoms with Gasteiger partial charge < -0.3 is 13.3 Å². The maximum atomic E-state index is 16.6. The van der Waals surface area contributed by atoms with Gasteiger partial charge in [0, 0.05) is 25.7 Å². The van der Waals surface area contributed by atoms with Crippen molar-refractivity contribution in [3.05, 3.63) is 0 Å². The Labute approximate surface area is 138 Å². The second kappa shape index (κ2) is 9.35. The third-order valence-corrected chi connectivity index (χ3v) is 8.09. The third-order valence-electron chi connectivity index (χ3n) is 4.23. The number of halogens is 1. The standard InChI is InChI=1S/C17H37FO3Si/c1-10-19-22(20-11-2,21-12-3)17(18,15(8)9)16(13(4)5)14(6)7/h13-16H,10-12H2,1-9H3. The Bertz CT molecular complexity index is 285. The van der Waals surface area contributed by atoms with Gasteiger partial charge in [-0.05, 0) is 38.5 Å². The van der Waals surface area contributed by atoms with Crippen LogP contribution in [0.4, 0.5) is 4.39 Å². The fraction of sp³-hybridized carbons (Fsp3) is 1.00. The van der Waals surface area contributed by atoms with Gasteiger partial charge in [0.15, 0.2) is 5.29 Å². The molecule has 0 aromatic carbocycles. The number of hydrogen-bond acceptors (Lipinski definition) is 3. The first-order valence-electron chi connectivity index (χ1n) is 8.75. The minimum atomic E-state index is -3.47. The number of alkyl halides is 1. The Balaban J connectivity index is 6.18. The molecule has 0 aliphatic carbocycles. The van der Waals surface area contributed by atoms with E-state index in [2.05, 4.69) is 27.7 Å². The summed E-state index contributed by atoms with van der Waals surface area (Å²) in [6.45, 7) is 18.9. The minimum absolute atomic E-state index is 0.177. The molecule has 1 atom stereocenters. The molecule has 134 valence electrons. The highest BCUT2D eigenvalue weighted by atomic mass is 28.4. The lowest BCUT2D eigenvalue weighted by atomic mass is 9.77. The first kappa shape index (κ1) is 22.0. The highest BCUT2D eigenvalue weighted by molar-refractivity contribution is 6.64. The van der Waals surface area contributed by atoms with Crippen molar-refractivity contribution in [1.29, 1.82) is 0 Å². The predicted molar refractivity (Wildman–Crippen MR) is 92.5 cm³/mol. The van der Waals surface area contributed by atoms with Crippen LogP contribution in [0, 0.1) is 23.7 Å². The van der Waals surface area contributed by atoms with E-state index in [-0.39, 0.29) is 23.7 Å². The molecule has 22 heavy (non-hydrogen) atoms. The molecule has 0 heterocycles. The van der Waals surface area contributed by atoms with Crippen molar-refractivity contribution in [3.8, 4) is 0 Å². The molecule has 0 rings (SSSR count). The normalized spacial score (nSPS) is 16.1. The quantitative estimate of drug-likeness (QED) is 0.504. The molecule has 0 saturated heterocycles. The zero-order valence-electron chi connectivity index (χ0n) is 16.0. The van der Waals surface area contributed by atoms with Crippen LogP contribution in [0.5, 0.6) is 0 Å². The zero-order valence-corrected chi connectivity index (χ0v) is 17.0. The summed E-state index contributed by atoms with van der Waals surface area (Å²) in [4.78, 5) is 0. The summed E-state index contributed by atoms with van der Waals surface area (Å²) < 4.78 is 34.5. The van der Waals surface area contributed by atoms with Crippen molar-refractivity contribution >= 4 is 8.80 Å². The third kappa shape index (κ3) is 4.31. The Kier molecular flexibility index (Phi) is 9.37. The van der Waals surface area contributed by atoms with Gasteiger partial charge in [-0.1, -0.05) is 41.5 Å². The van der Waals surface area contributed by atoms with Crippen LogP contribution in [-0.4, -0.2) is 33.9 Å². The predicted octanol–water partition coefficient (Wildman–Crippen LogP) is 4.87. The van der Waals surface area contributed by atoms with Gasteiger partial charge in [-0.25, -0.2) is 4.39 Å². The summed E-state index contributed by atoms with van der Waals surface area (Å²) in [5.74, 6) is -0.0521. The maximum absolute atomic E-state index is 16.6. The Morgan fingerprint density at radius 3 is 1.27 bits per heavy atom. The molecule has 0 radical (unpaired) electrons. The highest BCUT2D eigenvalue weighted by Crippen LogP contribution is 2.47. The van der Waals surface area contributed by atoms with Crippen molar-refractivity contribution < 1.29 is 17.7 Å². The van der Waals surface area contributed by atoms with E-state index >= 15 is 4.39 Å². The van der Waals surface area contributed by atoms with Gasteiger partial charge in [-0.15, -0.1) is 0 Å². The largest absolute Gasteiger partial charge is 0.540 e. The summed E-state index contributed by atoms with van der Waals surface area (Å²) in [5.41, 5.74) is 0. The van der Waals surface area contributed by atoms with Crippen LogP contribution in [0.1, 0.15) is 62.3 Å². The van der Waals surface area contributed by atoms with Gasteiger partial charge >= 0.3 is 8.80 Å². The lowest BCUT2D eigenvalue weighted by molar-refractivity contribution is -0.0564. The summed E-state index contributed by atoms with van der Waals surface area (Å²) in [6, 6.07) is 0. The average molecular weight is 337 g/mol. The lowest BCUT2D eigenvalue weighted by Gasteiger charge is -2.49. The zero-order chi connectivity index (χ0) is 17.6. The summed E-state index contributed by atoms with van der Waals surface area (Å²) in [5, 5.41) is -1.60. The molecule has 0 saturated carbocycles. The van der Waals surface area contributed by atoms with Crippen LogP contribution in [0.3, 0.4) is 0 Å². The number of rotatable bonds is 11. The number of hydrogen-bond donors (Lipinski definition) is 0. The first-order chi connectivity index (χ1) is 10.1. The van der Waals surface area contributed by atoms with E-state index in [0.717, 1.165) is 0 Å². The molecular formula is C17H37FO3Si. The molecule has 1 unspecified atom stereocenters. The fourth-order valence-corrected chi connectivity index (χ4v) is 7.55. The van der Waals surface area contributed by atoms with Crippen LogP contribution in [-0.2, 0) is 13.3 Å². The van der Waals surface area contributed by atoms with Crippen LogP contribution >= 0.6 is 0 Å². The van der Waals surface area contributed by atoms with Crippen LogP contribution in [0.15, 0.2) is 0 Å².